The number of urea groups is 1. The number of nitrogens with one attached hydrogen (secondary N) is 1. The molecule has 0 saturated carbocycles. The average molecular weight is 347 g/mol. The van der Waals surface area contributed by atoms with Crippen LogP contribution < -0.4 is 5.32 Å². The lowest BCUT2D eigenvalue weighted by Crippen LogP contribution is -2.39. The summed E-state index contributed by atoms with van der Waals surface area (Å²) in [6.07, 6.45) is 3.60. The van der Waals surface area contributed by atoms with Crippen molar-refractivity contribution in [2.24, 2.45) is 7.05 Å². The van der Waals surface area contributed by atoms with Gasteiger partial charge in [-0.15, -0.1) is 0 Å². The van der Waals surface area contributed by atoms with Crippen molar-refractivity contribution in [3.63, 3.8) is 0 Å². The first kappa shape index (κ1) is 17.5. The quantitative estimate of drug-likeness (QED) is 0.774. The number of carbonyl (C=O) groups is 1. The number of amides is 2. The molecule has 0 aliphatic carbocycles. The number of hydrogen-bond acceptors (Lipinski definition) is 5. The standard InChI is InChI=1S/C17H25N5O3/c1-3-24-11-5-8-18-17(23)22-10-7-13(12-22)16-19-15(20-25-16)14-6-4-9-21(14)2/h4,6,9,13H,3,5,7-8,10-12H2,1-2H3,(H,18,23)/t13-/m0/s1. The highest BCUT2D eigenvalue weighted by molar-refractivity contribution is 5.74. The molecule has 0 spiro atoms. The number of rotatable bonds is 7. The topological polar surface area (TPSA) is 85.4 Å². The van der Waals surface area contributed by atoms with Gasteiger partial charge in [0.2, 0.25) is 11.7 Å². The summed E-state index contributed by atoms with van der Waals surface area (Å²) in [4.78, 5) is 18.5. The normalized spacial score (nSPS) is 17.2. The van der Waals surface area contributed by atoms with E-state index in [0.717, 1.165) is 18.5 Å². The molecule has 0 aromatic carbocycles. The van der Waals surface area contributed by atoms with Gasteiger partial charge in [0.1, 0.15) is 0 Å². The number of aryl methyl sites for hydroxylation is 1. The van der Waals surface area contributed by atoms with Crippen molar-refractivity contribution in [2.75, 3.05) is 32.8 Å². The minimum absolute atomic E-state index is 0.0406. The van der Waals surface area contributed by atoms with Crippen LogP contribution >= 0.6 is 0 Å². The van der Waals surface area contributed by atoms with Gasteiger partial charge in [-0.25, -0.2) is 4.79 Å². The van der Waals surface area contributed by atoms with Gasteiger partial charge in [-0.3, -0.25) is 0 Å². The van der Waals surface area contributed by atoms with Crippen molar-refractivity contribution in [3.05, 3.63) is 24.2 Å². The van der Waals surface area contributed by atoms with Crippen molar-refractivity contribution in [1.82, 2.24) is 24.9 Å². The Morgan fingerprint density at radius 1 is 1.52 bits per heavy atom. The molecule has 8 nitrogen and oxygen atoms in total. The summed E-state index contributed by atoms with van der Waals surface area (Å²) in [5.74, 6) is 1.28. The first-order chi connectivity index (χ1) is 12.2. The Morgan fingerprint density at radius 2 is 2.40 bits per heavy atom. The Bertz CT molecular complexity index is 696. The smallest absolute Gasteiger partial charge is 0.317 e. The van der Waals surface area contributed by atoms with Crippen molar-refractivity contribution in [1.29, 1.82) is 0 Å². The van der Waals surface area contributed by atoms with Crippen LogP contribution in [0, 0.1) is 0 Å². The molecule has 3 heterocycles. The Balaban J connectivity index is 1.50. The van der Waals surface area contributed by atoms with Crippen LogP contribution in [0.3, 0.4) is 0 Å². The molecule has 1 aliphatic rings. The van der Waals surface area contributed by atoms with Crippen LogP contribution in [0.25, 0.3) is 11.5 Å². The van der Waals surface area contributed by atoms with Crippen LogP contribution in [0.15, 0.2) is 22.9 Å². The summed E-state index contributed by atoms with van der Waals surface area (Å²) in [6, 6.07) is 3.85. The lowest BCUT2D eigenvalue weighted by molar-refractivity contribution is 0.144. The summed E-state index contributed by atoms with van der Waals surface area (Å²) < 4.78 is 12.6. The minimum Gasteiger partial charge on any atom is -0.382 e. The van der Waals surface area contributed by atoms with Crippen molar-refractivity contribution >= 4 is 6.03 Å². The van der Waals surface area contributed by atoms with Crippen molar-refractivity contribution < 1.29 is 14.1 Å². The van der Waals surface area contributed by atoms with E-state index in [2.05, 4.69) is 15.5 Å². The van der Waals surface area contributed by atoms with E-state index in [1.165, 1.54) is 0 Å². The second-order valence-corrected chi connectivity index (χ2v) is 6.17. The molecule has 0 radical (unpaired) electrons. The third-order valence-electron chi connectivity index (χ3n) is 4.39. The molecule has 1 atom stereocenters. The van der Waals surface area contributed by atoms with Gasteiger partial charge in [0.15, 0.2) is 0 Å². The number of ether oxygens (including phenoxy) is 1. The maximum atomic E-state index is 12.2. The zero-order valence-electron chi connectivity index (χ0n) is 14.8. The second kappa shape index (κ2) is 8.15. The number of hydrogen-bond donors (Lipinski definition) is 1. The zero-order chi connectivity index (χ0) is 17.6. The summed E-state index contributed by atoms with van der Waals surface area (Å²) in [5.41, 5.74) is 0.914. The Labute approximate surface area is 147 Å². The number of likely N-dealkylation sites (tertiary alicyclic amines) is 1. The van der Waals surface area contributed by atoms with E-state index in [-0.39, 0.29) is 11.9 Å². The van der Waals surface area contributed by atoms with Crippen molar-refractivity contribution in [2.45, 2.75) is 25.7 Å². The highest BCUT2D eigenvalue weighted by atomic mass is 16.5. The third kappa shape index (κ3) is 4.19. The molecule has 1 fully saturated rings. The molecule has 8 heteroatoms. The SMILES string of the molecule is CCOCCCNC(=O)N1CC[C@H](c2nc(-c3cccn3C)no2)C1. The van der Waals surface area contributed by atoms with Gasteiger partial charge in [0.25, 0.3) is 0 Å². The van der Waals surface area contributed by atoms with E-state index in [0.29, 0.717) is 44.6 Å². The first-order valence-electron chi connectivity index (χ1n) is 8.75. The summed E-state index contributed by atoms with van der Waals surface area (Å²) in [6.45, 7) is 5.26. The van der Waals surface area contributed by atoms with Gasteiger partial charge in [-0.05, 0) is 31.9 Å². The fourth-order valence-corrected chi connectivity index (χ4v) is 2.97. The minimum atomic E-state index is -0.0406. The average Bonchev–Trinajstić information content (AvgIpc) is 3.33. The molecule has 1 N–H and O–H groups in total. The van der Waals surface area contributed by atoms with E-state index in [4.69, 9.17) is 9.26 Å². The van der Waals surface area contributed by atoms with E-state index < -0.39 is 0 Å². The number of nitrogens with zero attached hydrogens (tertiary/aromatic N) is 4. The largest absolute Gasteiger partial charge is 0.382 e. The van der Waals surface area contributed by atoms with Crippen LogP contribution in [0.2, 0.25) is 0 Å². The molecule has 1 aliphatic heterocycles. The van der Waals surface area contributed by atoms with Gasteiger partial charge < -0.3 is 24.0 Å². The molecule has 136 valence electrons. The van der Waals surface area contributed by atoms with Gasteiger partial charge >= 0.3 is 6.03 Å². The molecular weight excluding hydrogens is 322 g/mol. The molecule has 0 unspecified atom stereocenters. The number of carbonyl (C=O) groups excluding carboxylic acids is 1. The van der Waals surface area contributed by atoms with Gasteiger partial charge in [-0.2, -0.15) is 4.98 Å². The molecule has 3 rings (SSSR count). The Hall–Kier alpha value is -2.35. The van der Waals surface area contributed by atoms with Gasteiger partial charge in [-0.1, -0.05) is 5.16 Å². The lowest BCUT2D eigenvalue weighted by atomic mass is 10.1. The van der Waals surface area contributed by atoms with E-state index in [1.807, 2.05) is 36.9 Å². The van der Waals surface area contributed by atoms with Gasteiger partial charge in [0, 0.05) is 46.1 Å². The van der Waals surface area contributed by atoms with E-state index >= 15 is 0 Å². The third-order valence-corrected chi connectivity index (χ3v) is 4.39. The molecule has 25 heavy (non-hydrogen) atoms. The fourth-order valence-electron chi connectivity index (χ4n) is 2.97. The Kier molecular flexibility index (Phi) is 5.70. The van der Waals surface area contributed by atoms with Crippen LogP contribution in [0.4, 0.5) is 4.79 Å². The molecule has 1 saturated heterocycles. The molecule has 2 aromatic rings. The van der Waals surface area contributed by atoms with E-state index in [1.54, 1.807) is 4.90 Å². The maximum absolute atomic E-state index is 12.2. The van der Waals surface area contributed by atoms with E-state index in [9.17, 15) is 4.79 Å². The van der Waals surface area contributed by atoms with Crippen LogP contribution in [-0.4, -0.2) is 58.5 Å². The predicted octanol–water partition coefficient (Wildman–Crippen LogP) is 2.00. The van der Waals surface area contributed by atoms with Crippen LogP contribution in [0.5, 0.6) is 0 Å². The molecular formula is C17H25N5O3. The summed E-state index contributed by atoms with van der Waals surface area (Å²) >= 11 is 0. The highest BCUT2D eigenvalue weighted by Crippen LogP contribution is 2.27. The summed E-state index contributed by atoms with van der Waals surface area (Å²) in [5, 5.41) is 7.00. The number of aromatic nitrogens is 3. The zero-order valence-corrected chi connectivity index (χ0v) is 14.8. The second-order valence-electron chi connectivity index (χ2n) is 6.17. The fraction of sp³-hybridized carbons (Fsp3) is 0.588. The molecule has 2 amide bonds. The van der Waals surface area contributed by atoms with Crippen molar-refractivity contribution in [3.8, 4) is 11.5 Å². The van der Waals surface area contributed by atoms with Crippen LogP contribution in [-0.2, 0) is 11.8 Å². The van der Waals surface area contributed by atoms with Gasteiger partial charge in [0.05, 0.1) is 11.6 Å². The monoisotopic (exact) mass is 347 g/mol. The predicted molar refractivity (Wildman–Crippen MR) is 92.1 cm³/mol. The van der Waals surface area contributed by atoms with Crippen LogP contribution in [0.1, 0.15) is 31.6 Å². The summed E-state index contributed by atoms with van der Waals surface area (Å²) in [7, 11) is 1.94. The maximum Gasteiger partial charge on any atom is 0.317 e. The highest BCUT2D eigenvalue weighted by Gasteiger charge is 2.31. The molecule has 0 bridgehead atoms. The molecule has 2 aromatic heterocycles. The lowest BCUT2D eigenvalue weighted by Gasteiger charge is -2.16. The Morgan fingerprint density at radius 3 is 3.16 bits per heavy atom. The first-order valence-corrected chi connectivity index (χ1v) is 8.75.